The summed E-state index contributed by atoms with van der Waals surface area (Å²) >= 11 is 1.26. The highest BCUT2D eigenvalue weighted by atomic mass is 32.2. The highest BCUT2D eigenvalue weighted by Gasteiger charge is 2.31. The number of hydrogen-bond acceptors (Lipinski definition) is 4. The fraction of sp³-hybridized carbons (Fsp3) is 0.714. The molecule has 20 heavy (non-hydrogen) atoms. The number of hydrogen-bond donors (Lipinski definition) is 2. The molecule has 0 aliphatic carbocycles. The zero-order valence-corrected chi connectivity index (χ0v) is 14.8. The molecule has 4 nitrogen and oxygen atoms in total. The Morgan fingerprint density at radius 3 is 2.30 bits per heavy atom. The third-order valence-electron chi connectivity index (χ3n) is 2.66. The van der Waals surface area contributed by atoms with Crippen molar-refractivity contribution in [3.05, 3.63) is 17.0 Å². The van der Waals surface area contributed by atoms with Gasteiger partial charge in [0.2, 0.25) is 0 Å². The molecule has 2 N–H and O–H groups in total. The number of thiophene rings is 1. The van der Waals surface area contributed by atoms with Crippen LogP contribution in [0.25, 0.3) is 0 Å². The van der Waals surface area contributed by atoms with Crippen molar-refractivity contribution in [2.24, 2.45) is 5.41 Å². The highest BCUT2D eigenvalue weighted by molar-refractivity contribution is 7.91. The Kier molecular flexibility index (Phi) is 5.40. The van der Waals surface area contributed by atoms with Gasteiger partial charge < -0.3 is 5.32 Å². The Morgan fingerprint density at radius 1 is 1.20 bits per heavy atom. The third kappa shape index (κ3) is 5.52. The molecule has 0 fully saturated rings. The molecule has 0 saturated carbocycles. The van der Waals surface area contributed by atoms with E-state index in [4.69, 9.17) is 0 Å². The van der Waals surface area contributed by atoms with Crippen LogP contribution in [-0.2, 0) is 16.6 Å². The highest BCUT2D eigenvalue weighted by Crippen LogP contribution is 2.29. The Labute approximate surface area is 127 Å². The topological polar surface area (TPSA) is 58.2 Å². The molecule has 0 atom stereocenters. The van der Waals surface area contributed by atoms with Gasteiger partial charge in [0.25, 0.3) is 10.0 Å². The summed E-state index contributed by atoms with van der Waals surface area (Å²) in [5.74, 6) is 0. The minimum absolute atomic E-state index is 0.0682. The molecule has 1 heterocycles. The van der Waals surface area contributed by atoms with Crippen LogP contribution in [0, 0.1) is 5.41 Å². The lowest BCUT2D eigenvalue weighted by Crippen LogP contribution is -2.45. The van der Waals surface area contributed by atoms with E-state index in [0.717, 1.165) is 12.0 Å². The summed E-state index contributed by atoms with van der Waals surface area (Å²) in [6, 6.07) is 1.73. The smallest absolute Gasteiger partial charge is 0.250 e. The summed E-state index contributed by atoms with van der Waals surface area (Å²) in [7, 11) is -1.60. The fourth-order valence-electron chi connectivity index (χ4n) is 2.57. The molecule has 1 aromatic heterocycles. The van der Waals surface area contributed by atoms with Gasteiger partial charge in [-0.1, -0.05) is 20.8 Å². The zero-order chi connectivity index (χ0) is 15.6. The van der Waals surface area contributed by atoms with Crippen molar-refractivity contribution in [1.29, 1.82) is 0 Å². The van der Waals surface area contributed by atoms with Crippen LogP contribution in [0.1, 0.15) is 46.6 Å². The van der Waals surface area contributed by atoms with Gasteiger partial charge in [0, 0.05) is 12.1 Å². The predicted octanol–water partition coefficient (Wildman–Crippen LogP) is 2.96. The second kappa shape index (κ2) is 6.13. The van der Waals surface area contributed by atoms with E-state index in [1.807, 2.05) is 26.3 Å². The van der Waals surface area contributed by atoms with Crippen LogP contribution < -0.4 is 10.0 Å². The average molecular weight is 319 g/mol. The van der Waals surface area contributed by atoms with Crippen molar-refractivity contribution in [1.82, 2.24) is 10.0 Å². The lowest BCUT2D eigenvalue weighted by atomic mass is 9.82. The monoisotopic (exact) mass is 318 g/mol. The quantitative estimate of drug-likeness (QED) is 0.848. The van der Waals surface area contributed by atoms with Crippen LogP contribution in [0.15, 0.2) is 15.7 Å². The van der Waals surface area contributed by atoms with Gasteiger partial charge in [0.15, 0.2) is 0 Å². The van der Waals surface area contributed by atoms with Crippen LogP contribution in [0.3, 0.4) is 0 Å². The van der Waals surface area contributed by atoms with E-state index >= 15 is 0 Å². The first-order valence-electron chi connectivity index (χ1n) is 6.71. The largest absolute Gasteiger partial charge is 0.316 e. The van der Waals surface area contributed by atoms with E-state index in [1.165, 1.54) is 11.3 Å². The van der Waals surface area contributed by atoms with Crippen molar-refractivity contribution in [2.75, 3.05) is 7.05 Å². The van der Waals surface area contributed by atoms with E-state index in [1.54, 1.807) is 6.07 Å². The van der Waals surface area contributed by atoms with Gasteiger partial charge in [-0.2, -0.15) is 0 Å². The van der Waals surface area contributed by atoms with Crippen LogP contribution in [0.2, 0.25) is 0 Å². The summed E-state index contributed by atoms with van der Waals surface area (Å²) in [6.07, 6.45) is 0.772. The molecule has 0 bridgehead atoms. The normalized spacial score (nSPS) is 13.7. The van der Waals surface area contributed by atoms with E-state index < -0.39 is 15.6 Å². The van der Waals surface area contributed by atoms with Crippen molar-refractivity contribution in [3.63, 3.8) is 0 Å². The first-order chi connectivity index (χ1) is 8.95. The van der Waals surface area contributed by atoms with Crippen molar-refractivity contribution < 1.29 is 8.42 Å². The molecule has 0 saturated heterocycles. The summed E-state index contributed by atoms with van der Waals surface area (Å²) in [4.78, 5) is 0. The number of sulfonamides is 1. The Bertz CT molecular complexity index is 540. The lowest BCUT2D eigenvalue weighted by molar-refractivity contribution is 0.269. The van der Waals surface area contributed by atoms with E-state index in [2.05, 4.69) is 30.8 Å². The molecule has 0 radical (unpaired) electrons. The second-order valence-electron chi connectivity index (χ2n) is 7.03. The minimum Gasteiger partial charge on any atom is -0.316 e. The number of rotatable bonds is 6. The van der Waals surface area contributed by atoms with E-state index in [-0.39, 0.29) is 5.41 Å². The molecular weight excluding hydrogens is 292 g/mol. The Morgan fingerprint density at radius 2 is 1.80 bits per heavy atom. The second-order valence-corrected chi connectivity index (χ2v) is 9.85. The molecular formula is C14H26N2O2S2. The fourth-order valence-corrected chi connectivity index (χ4v) is 5.19. The van der Waals surface area contributed by atoms with Crippen molar-refractivity contribution in [2.45, 2.75) is 57.3 Å². The maximum atomic E-state index is 12.4. The van der Waals surface area contributed by atoms with Crippen LogP contribution in [0.5, 0.6) is 0 Å². The van der Waals surface area contributed by atoms with Gasteiger partial charge in [-0.25, -0.2) is 13.1 Å². The third-order valence-corrected chi connectivity index (χ3v) is 5.84. The molecule has 0 aromatic carbocycles. The van der Waals surface area contributed by atoms with Crippen LogP contribution >= 0.6 is 11.3 Å². The van der Waals surface area contributed by atoms with Gasteiger partial charge in [0.1, 0.15) is 4.21 Å². The SMILES string of the molecule is CNCc1csc(S(=O)(=O)NC(C)(C)CC(C)(C)C)c1. The molecule has 0 aliphatic heterocycles. The first kappa shape index (κ1) is 17.6. The van der Waals surface area contributed by atoms with E-state index in [9.17, 15) is 8.42 Å². The molecule has 0 unspecified atom stereocenters. The lowest BCUT2D eigenvalue weighted by Gasteiger charge is -2.32. The standard InChI is InChI=1S/C14H26N2O2S2/c1-13(2,3)10-14(4,5)16-20(17,18)12-7-11(8-15-6)9-19-12/h7,9,15-16H,8,10H2,1-6H3. The molecule has 1 rings (SSSR count). The maximum Gasteiger partial charge on any atom is 0.250 e. The van der Waals surface area contributed by atoms with E-state index in [0.29, 0.717) is 10.8 Å². The van der Waals surface area contributed by atoms with Gasteiger partial charge in [-0.05, 0) is 49.7 Å². The van der Waals surface area contributed by atoms with Gasteiger partial charge in [-0.3, -0.25) is 0 Å². The summed E-state index contributed by atoms with van der Waals surface area (Å²) in [6.45, 7) is 10.9. The summed E-state index contributed by atoms with van der Waals surface area (Å²) in [5.41, 5.74) is 0.592. The predicted molar refractivity (Wildman–Crippen MR) is 85.6 cm³/mol. The first-order valence-corrected chi connectivity index (χ1v) is 9.07. The maximum absolute atomic E-state index is 12.4. The van der Waals surface area contributed by atoms with Crippen LogP contribution in [0.4, 0.5) is 0 Å². The molecule has 0 aliphatic rings. The molecule has 116 valence electrons. The van der Waals surface area contributed by atoms with Crippen molar-refractivity contribution >= 4 is 21.4 Å². The van der Waals surface area contributed by atoms with Gasteiger partial charge in [-0.15, -0.1) is 11.3 Å². The molecule has 1 aromatic rings. The van der Waals surface area contributed by atoms with Crippen molar-refractivity contribution in [3.8, 4) is 0 Å². The Hall–Kier alpha value is -0.430. The van der Waals surface area contributed by atoms with Crippen LogP contribution in [-0.4, -0.2) is 21.0 Å². The van der Waals surface area contributed by atoms with Gasteiger partial charge >= 0.3 is 0 Å². The molecule has 0 spiro atoms. The van der Waals surface area contributed by atoms with Gasteiger partial charge in [0.05, 0.1) is 0 Å². The Balaban J connectivity index is 2.88. The number of nitrogens with one attached hydrogen (secondary N) is 2. The molecule has 6 heteroatoms. The summed E-state index contributed by atoms with van der Waals surface area (Å²) in [5, 5.41) is 4.90. The minimum atomic E-state index is -3.45. The molecule has 0 amide bonds. The summed E-state index contributed by atoms with van der Waals surface area (Å²) < 4.78 is 28.1. The zero-order valence-electron chi connectivity index (χ0n) is 13.2. The average Bonchev–Trinajstić information content (AvgIpc) is 2.61.